The zero-order valence-corrected chi connectivity index (χ0v) is 20.2. The van der Waals surface area contributed by atoms with Crippen LogP contribution in [0.4, 0.5) is 11.4 Å². The monoisotopic (exact) mass is 489 g/mol. The van der Waals surface area contributed by atoms with Crippen LogP contribution in [0.2, 0.25) is 0 Å². The molecule has 3 aromatic carbocycles. The standard InChI is InChI=1S/C27H27N3O4S/c1-18-22(28-25(31)19-14-15-19)11-7-12-23(18)29-27(35)30-26(32)21-10-5-6-13-24(21)34-17-16-33-20-8-3-2-4-9-20/h2-13,19H,14-17H2,1H3,(H,28,31)(H2,29,30,32,35). The molecule has 7 nitrogen and oxygen atoms in total. The summed E-state index contributed by atoms with van der Waals surface area (Å²) in [5, 5.41) is 8.85. The van der Waals surface area contributed by atoms with E-state index in [0.29, 0.717) is 23.6 Å². The van der Waals surface area contributed by atoms with Crippen molar-refractivity contribution in [2.24, 2.45) is 5.92 Å². The molecule has 1 aliphatic carbocycles. The average Bonchev–Trinajstić information content (AvgIpc) is 3.71. The lowest BCUT2D eigenvalue weighted by Gasteiger charge is -2.16. The summed E-state index contributed by atoms with van der Waals surface area (Å²) in [5.41, 5.74) is 2.61. The molecule has 3 aromatic rings. The number of carbonyl (C=O) groups excluding carboxylic acids is 2. The van der Waals surface area contributed by atoms with Gasteiger partial charge in [0.05, 0.1) is 5.56 Å². The van der Waals surface area contributed by atoms with Crippen molar-refractivity contribution in [1.82, 2.24) is 5.32 Å². The van der Waals surface area contributed by atoms with Crippen LogP contribution < -0.4 is 25.4 Å². The van der Waals surface area contributed by atoms with E-state index in [4.69, 9.17) is 21.7 Å². The first-order valence-electron chi connectivity index (χ1n) is 11.4. The highest BCUT2D eigenvalue weighted by Gasteiger charge is 2.29. The molecule has 4 rings (SSSR count). The number of carbonyl (C=O) groups is 2. The minimum absolute atomic E-state index is 0.0342. The van der Waals surface area contributed by atoms with E-state index in [-0.39, 0.29) is 23.5 Å². The highest BCUT2D eigenvalue weighted by Crippen LogP contribution is 2.31. The quantitative estimate of drug-likeness (QED) is 0.292. The smallest absolute Gasteiger partial charge is 0.261 e. The third-order valence-corrected chi connectivity index (χ3v) is 5.70. The van der Waals surface area contributed by atoms with Gasteiger partial charge in [-0.3, -0.25) is 14.9 Å². The van der Waals surface area contributed by atoms with Gasteiger partial charge in [-0.25, -0.2) is 0 Å². The summed E-state index contributed by atoms with van der Waals surface area (Å²) < 4.78 is 11.4. The lowest BCUT2D eigenvalue weighted by Crippen LogP contribution is -2.34. The van der Waals surface area contributed by atoms with Crippen molar-refractivity contribution < 1.29 is 19.1 Å². The zero-order valence-electron chi connectivity index (χ0n) is 19.4. The van der Waals surface area contributed by atoms with Crippen molar-refractivity contribution in [3.63, 3.8) is 0 Å². The molecule has 3 N–H and O–H groups in total. The largest absolute Gasteiger partial charge is 0.490 e. The molecule has 1 fully saturated rings. The van der Waals surface area contributed by atoms with Gasteiger partial charge in [-0.2, -0.15) is 0 Å². The van der Waals surface area contributed by atoms with Crippen LogP contribution in [0.1, 0.15) is 28.8 Å². The predicted octanol–water partition coefficient (Wildman–Crippen LogP) is 4.93. The van der Waals surface area contributed by atoms with E-state index in [0.717, 1.165) is 29.8 Å². The maximum atomic E-state index is 12.9. The Hall–Kier alpha value is -3.91. The Bertz CT molecular complexity index is 1210. The third kappa shape index (κ3) is 6.80. The van der Waals surface area contributed by atoms with Gasteiger partial charge in [0.1, 0.15) is 24.7 Å². The van der Waals surface area contributed by atoms with E-state index < -0.39 is 5.91 Å². The number of para-hydroxylation sites is 2. The fourth-order valence-electron chi connectivity index (χ4n) is 3.42. The molecule has 0 spiro atoms. The molecule has 0 heterocycles. The maximum absolute atomic E-state index is 12.9. The number of benzene rings is 3. The number of thiocarbonyl (C=S) groups is 1. The molecule has 180 valence electrons. The number of ether oxygens (including phenoxy) is 2. The minimum Gasteiger partial charge on any atom is -0.490 e. The summed E-state index contributed by atoms with van der Waals surface area (Å²) in [6, 6.07) is 21.9. The van der Waals surface area contributed by atoms with Gasteiger partial charge in [0.2, 0.25) is 5.91 Å². The first kappa shape index (κ1) is 24.2. The van der Waals surface area contributed by atoms with Gasteiger partial charge in [0.25, 0.3) is 5.91 Å². The second-order valence-corrected chi connectivity index (χ2v) is 8.56. The van der Waals surface area contributed by atoms with E-state index in [1.165, 1.54) is 0 Å². The van der Waals surface area contributed by atoms with Gasteiger partial charge in [-0.05, 0) is 73.9 Å². The number of hydrogen-bond acceptors (Lipinski definition) is 5. The van der Waals surface area contributed by atoms with E-state index in [9.17, 15) is 9.59 Å². The summed E-state index contributed by atoms with van der Waals surface area (Å²) in [6.07, 6.45) is 1.87. The zero-order chi connectivity index (χ0) is 24.6. The van der Waals surface area contributed by atoms with Crippen molar-refractivity contribution in [3.8, 4) is 11.5 Å². The third-order valence-electron chi connectivity index (χ3n) is 5.50. The van der Waals surface area contributed by atoms with Gasteiger partial charge < -0.3 is 20.1 Å². The summed E-state index contributed by atoms with van der Waals surface area (Å²) in [6.45, 7) is 2.50. The molecule has 2 amide bonds. The normalized spacial score (nSPS) is 12.4. The van der Waals surface area contributed by atoms with Crippen LogP contribution in [0, 0.1) is 12.8 Å². The molecule has 0 unspecified atom stereocenters. The van der Waals surface area contributed by atoms with Crippen LogP contribution in [-0.4, -0.2) is 30.1 Å². The van der Waals surface area contributed by atoms with Crippen LogP contribution in [0.3, 0.4) is 0 Å². The Labute approximate surface area is 209 Å². The van der Waals surface area contributed by atoms with E-state index in [1.807, 2.05) is 55.5 Å². The molecule has 0 radical (unpaired) electrons. The Kier molecular flexibility index (Phi) is 7.95. The van der Waals surface area contributed by atoms with Crippen LogP contribution in [0.15, 0.2) is 72.8 Å². The Morgan fingerprint density at radius 3 is 2.26 bits per heavy atom. The lowest BCUT2D eigenvalue weighted by atomic mass is 10.1. The molecule has 0 aliphatic heterocycles. The fourth-order valence-corrected chi connectivity index (χ4v) is 3.62. The number of hydrogen-bond donors (Lipinski definition) is 3. The second-order valence-electron chi connectivity index (χ2n) is 8.16. The number of amides is 2. The van der Waals surface area contributed by atoms with Crippen molar-refractivity contribution in [3.05, 3.63) is 83.9 Å². The Balaban J connectivity index is 1.32. The molecule has 0 saturated heterocycles. The van der Waals surface area contributed by atoms with Crippen LogP contribution in [-0.2, 0) is 4.79 Å². The molecule has 0 atom stereocenters. The molecule has 0 bridgehead atoms. The molecular weight excluding hydrogens is 462 g/mol. The molecule has 35 heavy (non-hydrogen) atoms. The lowest BCUT2D eigenvalue weighted by molar-refractivity contribution is -0.117. The molecule has 1 aliphatic rings. The summed E-state index contributed by atoms with van der Waals surface area (Å²) >= 11 is 5.37. The minimum atomic E-state index is -0.391. The Morgan fingerprint density at radius 1 is 0.857 bits per heavy atom. The second kappa shape index (κ2) is 11.5. The first-order valence-corrected chi connectivity index (χ1v) is 11.8. The predicted molar refractivity (Wildman–Crippen MR) is 140 cm³/mol. The van der Waals surface area contributed by atoms with Crippen molar-refractivity contribution in [2.75, 3.05) is 23.8 Å². The number of rotatable bonds is 9. The highest BCUT2D eigenvalue weighted by atomic mass is 32.1. The van der Waals surface area contributed by atoms with Crippen LogP contribution in [0.5, 0.6) is 11.5 Å². The molecule has 1 saturated carbocycles. The number of anilines is 2. The van der Waals surface area contributed by atoms with Gasteiger partial charge in [-0.1, -0.05) is 36.4 Å². The van der Waals surface area contributed by atoms with Gasteiger partial charge in [-0.15, -0.1) is 0 Å². The van der Waals surface area contributed by atoms with Crippen molar-refractivity contribution in [2.45, 2.75) is 19.8 Å². The van der Waals surface area contributed by atoms with Crippen LogP contribution >= 0.6 is 12.2 Å². The highest BCUT2D eigenvalue weighted by molar-refractivity contribution is 7.80. The molecule has 0 aromatic heterocycles. The molecule has 8 heteroatoms. The first-order chi connectivity index (χ1) is 17.0. The fraction of sp³-hybridized carbons (Fsp3) is 0.222. The van der Waals surface area contributed by atoms with Gasteiger partial charge >= 0.3 is 0 Å². The van der Waals surface area contributed by atoms with Gasteiger partial charge in [0.15, 0.2) is 5.11 Å². The number of nitrogens with one attached hydrogen (secondary N) is 3. The van der Waals surface area contributed by atoms with E-state index in [1.54, 1.807) is 24.3 Å². The molecular formula is C27H27N3O4S. The maximum Gasteiger partial charge on any atom is 0.261 e. The van der Waals surface area contributed by atoms with Crippen LogP contribution in [0.25, 0.3) is 0 Å². The average molecular weight is 490 g/mol. The summed E-state index contributed by atoms with van der Waals surface area (Å²) in [7, 11) is 0. The van der Waals surface area contributed by atoms with Crippen molar-refractivity contribution in [1.29, 1.82) is 0 Å². The summed E-state index contributed by atoms with van der Waals surface area (Å²) in [4.78, 5) is 25.0. The Morgan fingerprint density at radius 2 is 1.51 bits per heavy atom. The topological polar surface area (TPSA) is 88.7 Å². The SMILES string of the molecule is Cc1c(NC(=O)C2CC2)cccc1NC(=S)NC(=O)c1ccccc1OCCOc1ccccc1. The van der Waals surface area contributed by atoms with Gasteiger partial charge in [0, 0.05) is 17.3 Å². The summed E-state index contributed by atoms with van der Waals surface area (Å²) in [5.74, 6) is 0.943. The van der Waals surface area contributed by atoms with E-state index >= 15 is 0 Å². The van der Waals surface area contributed by atoms with E-state index in [2.05, 4.69) is 16.0 Å². The van der Waals surface area contributed by atoms with Crippen molar-refractivity contribution >= 4 is 40.5 Å².